The lowest BCUT2D eigenvalue weighted by Crippen LogP contribution is -2.43. The fourth-order valence-electron chi connectivity index (χ4n) is 4.75. The van der Waals surface area contributed by atoms with E-state index in [0.717, 1.165) is 25.7 Å². The van der Waals surface area contributed by atoms with Crippen LogP contribution in [-0.2, 0) is 19.1 Å². The van der Waals surface area contributed by atoms with Crippen molar-refractivity contribution in [2.45, 2.75) is 70.1 Å². The summed E-state index contributed by atoms with van der Waals surface area (Å²) in [4.78, 5) is 40.2. The Labute approximate surface area is 154 Å². The largest absolute Gasteiger partial charge is 0.481 e. The van der Waals surface area contributed by atoms with Crippen LogP contribution < -0.4 is 0 Å². The monoisotopic (exact) mass is 366 g/mol. The molecule has 0 radical (unpaired) electrons. The number of likely N-dealkylation sites (tertiary alicyclic amines) is 2. The van der Waals surface area contributed by atoms with Crippen molar-refractivity contribution in [3.05, 3.63) is 0 Å². The molecule has 3 rings (SSSR count). The maximum atomic E-state index is 13.0. The maximum Gasteiger partial charge on any atom is 0.305 e. The minimum atomic E-state index is -0.912. The quantitative estimate of drug-likeness (QED) is 0.797. The molecule has 0 aromatic heterocycles. The fraction of sp³-hybridized carbons (Fsp3) is 0.842. The second-order valence-electron chi connectivity index (χ2n) is 8.20. The minimum Gasteiger partial charge on any atom is -0.481 e. The minimum absolute atomic E-state index is 0.0696. The van der Waals surface area contributed by atoms with Crippen LogP contribution in [0, 0.1) is 11.8 Å². The van der Waals surface area contributed by atoms with Gasteiger partial charge < -0.3 is 19.6 Å². The predicted octanol–water partition coefficient (Wildman–Crippen LogP) is 1.50. The predicted molar refractivity (Wildman–Crippen MR) is 94.4 cm³/mol. The van der Waals surface area contributed by atoms with E-state index in [0.29, 0.717) is 25.4 Å². The summed E-state index contributed by atoms with van der Waals surface area (Å²) in [6, 6.07) is -0.0822. The van der Waals surface area contributed by atoms with Gasteiger partial charge in [-0.1, -0.05) is 6.92 Å². The molecule has 26 heavy (non-hydrogen) atoms. The van der Waals surface area contributed by atoms with Crippen LogP contribution in [0.2, 0.25) is 0 Å². The smallest absolute Gasteiger partial charge is 0.305 e. The molecule has 1 saturated carbocycles. The van der Waals surface area contributed by atoms with E-state index in [-0.39, 0.29) is 48.8 Å². The van der Waals surface area contributed by atoms with E-state index in [1.54, 1.807) is 12.0 Å². The first kappa shape index (κ1) is 19.1. The number of ether oxygens (including phenoxy) is 1. The van der Waals surface area contributed by atoms with Crippen molar-refractivity contribution in [2.24, 2.45) is 11.8 Å². The summed E-state index contributed by atoms with van der Waals surface area (Å²) < 4.78 is 5.35. The highest BCUT2D eigenvalue weighted by Gasteiger charge is 2.44. The normalized spacial score (nSPS) is 35.2. The van der Waals surface area contributed by atoms with Gasteiger partial charge in [-0.05, 0) is 38.0 Å². The van der Waals surface area contributed by atoms with Gasteiger partial charge in [0.05, 0.1) is 18.4 Å². The van der Waals surface area contributed by atoms with Crippen molar-refractivity contribution in [1.82, 2.24) is 9.80 Å². The average molecular weight is 366 g/mol. The van der Waals surface area contributed by atoms with Crippen LogP contribution in [0.4, 0.5) is 0 Å². The topological polar surface area (TPSA) is 87.1 Å². The van der Waals surface area contributed by atoms with Crippen LogP contribution in [0.25, 0.3) is 0 Å². The van der Waals surface area contributed by atoms with E-state index in [2.05, 4.69) is 6.92 Å². The molecule has 3 fully saturated rings. The van der Waals surface area contributed by atoms with Crippen LogP contribution in [-0.4, -0.2) is 71.1 Å². The van der Waals surface area contributed by atoms with Gasteiger partial charge in [-0.2, -0.15) is 0 Å². The van der Waals surface area contributed by atoms with Gasteiger partial charge in [0.2, 0.25) is 11.8 Å². The highest BCUT2D eigenvalue weighted by Crippen LogP contribution is 2.33. The number of carbonyl (C=O) groups excluding carboxylic acids is 2. The molecule has 3 aliphatic rings. The van der Waals surface area contributed by atoms with Crippen LogP contribution in [0.5, 0.6) is 0 Å². The third-order valence-electron chi connectivity index (χ3n) is 6.34. The van der Waals surface area contributed by atoms with E-state index in [1.165, 1.54) is 0 Å². The highest BCUT2D eigenvalue weighted by atomic mass is 16.5. The first-order valence-electron chi connectivity index (χ1n) is 9.73. The number of aliphatic carboxylic acids is 1. The molecule has 3 atom stereocenters. The first-order valence-corrected chi connectivity index (χ1v) is 9.73. The number of hydrogen-bond donors (Lipinski definition) is 1. The number of carboxylic acid groups (broad SMARTS) is 1. The number of carbonyl (C=O) groups is 3. The number of nitrogens with zero attached hydrogens (tertiary/aromatic N) is 2. The Morgan fingerprint density at radius 1 is 1.19 bits per heavy atom. The zero-order valence-corrected chi connectivity index (χ0v) is 15.7. The number of amides is 2. The molecule has 2 saturated heterocycles. The maximum absolute atomic E-state index is 13.0. The second kappa shape index (κ2) is 7.94. The van der Waals surface area contributed by atoms with Crippen LogP contribution in [0.15, 0.2) is 0 Å². The van der Waals surface area contributed by atoms with Crippen molar-refractivity contribution in [2.75, 3.05) is 20.2 Å². The van der Waals surface area contributed by atoms with Gasteiger partial charge in [-0.3, -0.25) is 14.4 Å². The molecule has 0 bridgehead atoms. The lowest BCUT2D eigenvalue weighted by atomic mass is 9.86. The van der Waals surface area contributed by atoms with Crippen molar-refractivity contribution < 1.29 is 24.2 Å². The number of hydrogen-bond acceptors (Lipinski definition) is 4. The molecule has 2 amide bonds. The molecule has 2 heterocycles. The van der Waals surface area contributed by atoms with E-state index in [9.17, 15) is 14.4 Å². The summed E-state index contributed by atoms with van der Waals surface area (Å²) in [7, 11) is 1.58. The molecule has 7 nitrogen and oxygen atoms in total. The number of rotatable bonds is 5. The fourth-order valence-corrected chi connectivity index (χ4v) is 4.75. The molecule has 146 valence electrons. The van der Waals surface area contributed by atoms with Crippen molar-refractivity contribution in [1.29, 1.82) is 0 Å². The molecule has 1 N–H and O–H groups in total. The Balaban J connectivity index is 1.64. The van der Waals surface area contributed by atoms with Crippen molar-refractivity contribution >= 4 is 17.8 Å². The third-order valence-corrected chi connectivity index (χ3v) is 6.34. The summed E-state index contributed by atoms with van der Waals surface area (Å²) in [5.41, 5.74) is 0. The van der Waals surface area contributed by atoms with Crippen molar-refractivity contribution in [3.8, 4) is 0 Å². The van der Waals surface area contributed by atoms with Crippen LogP contribution in [0.1, 0.15) is 51.9 Å². The van der Waals surface area contributed by atoms with Gasteiger partial charge in [-0.15, -0.1) is 0 Å². The van der Waals surface area contributed by atoms with Gasteiger partial charge in [0.1, 0.15) is 0 Å². The molecule has 7 heteroatoms. The average Bonchev–Trinajstić information content (AvgIpc) is 3.18. The third kappa shape index (κ3) is 4.03. The number of methoxy groups -OCH3 is 1. The van der Waals surface area contributed by atoms with E-state index < -0.39 is 5.97 Å². The molecule has 0 spiro atoms. The second-order valence-corrected chi connectivity index (χ2v) is 8.20. The molecule has 1 aliphatic carbocycles. The van der Waals surface area contributed by atoms with Crippen LogP contribution >= 0.6 is 0 Å². The summed E-state index contributed by atoms with van der Waals surface area (Å²) in [6.07, 6.45) is 4.89. The zero-order valence-electron chi connectivity index (χ0n) is 15.7. The molecule has 0 aromatic rings. The standard InChI is InChI=1S/C19H30N2O5/c1-12-3-5-14(6-4-12)20-10-13(7-17(20)22)19(25)21-11-16(26-2)8-15(21)9-18(23)24/h12-16H,3-11H2,1-2H3,(H,23,24). The van der Waals surface area contributed by atoms with E-state index >= 15 is 0 Å². The zero-order chi connectivity index (χ0) is 18.8. The Hall–Kier alpha value is -1.63. The SMILES string of the molecule is COC1CC(CC(=O)O)N(C(=O)C2CC(=O)N(C3CCC(C)CC3)C2)C1. The summed E-state index contributed by atoms with van der Waals surface area (Å²) in [6.45, 7) is 3.14. The van der Waals surface area contributed by atoms with Crippen molar-refractivity contribution in [3.63, 3.8) is 0 Å². The Kier molecular flexibility index (Phi) is 5.85. The Morgan fingerprint density at radius 2 is 1.88 bits per heavy atom. The first-order chi connectivity index (χ1) is 12.4. The molecule has 3 unspecified atom stereocenters. The van der Waals surface area contributed by atoms with Gasteiger partial charge >= 0.3 is 5.97 Å². The molecule has 2 aliphatic heterocycles. The van der Waals surface area contributed by atoms with E-state index in [4.69, 9.17) is 9.84 Å². The lowest BCUT2D eigenvalue weighted by Gasteiger charge is -2.34. The summed E-state index contributed by atoms with van der Waals surface area (Å²) in [5.74, 6) is -0.566. The van der Waals surface area contributed by atoms with Crippen LogP contribution in [0.3, 0.4) is 0 Å². The molecular weight excluding hydrogens is 336 g/mol. The summed E-state index contributed by atoms with van der Waals surface area (Å²) >= 11 is 0. The Morgan fingerprint density at radius 3 is 2.50 bits per heavy atom. The molecular formula is C19H30N2O5. The van der Waals surface area contributed by atoms with Gasteiger partial charge in [0.15, 0.2) is 0 Å². The number of carboxylic acids is 1. The Bertz CT molecular complexity index is 558. The van der Waals surface area contributed by atoms with Gasteiger partial charge in [0.25, 0.3) is 0 Å². The van der Waals surface area contributed by atoms with Gasteiger partial charge in [0, 0.05) is 38.7 Å². The van der Waals surface area contributed by atoms with Gasteiger partial charge in [-0.25, -0.2) is 0 Å². The molecule has 0 aromatic carbocycles. The lowest BCUT2D eigenvalue weighted by molar-refractivity contribution is -0.141. The van der Waals surface area contributed by atoms with E-state index in [1.807, 2.05) is 4.90 Å². The summed E-state index contributed by atoms with van der Waals surface area (Å²) in [5, 5.41) is 9.13. The highest BCUT2D eigenvalue weighted by molar-refractivity contribution is 5.90.